The number of aromatic nitrogens is 3. The van der Waals surface area contributed by atoms with Crippen LogP contribution >= 0.6 is 0 Å². The van der Waals surface area contributed by atoms with E-state index in [9.17, 15) is 0 Å². The Morgan fingerprint density at radius 2 is 2.24 bits per heavy atom. The van der Waals surface area contributed by atoms with Gasteiger partial charge in [0.2, 0.25) is 0 Å². The van der Waals surface area contributed by atoms with Crippen molar-refractivity contribution >= 4 is 11.0 Å². The van der Waals surface area contributed by atoms with Crippen molar-refractivity contribution in [3.63, 3.8) is 0 Å². The molecule has 3 rings (SSSR count). The fourth-order valence-corrected chi connectivity index (χ4v) is 2.51. The summed E-state index contributed by atoms with van der Waals surface area (Å²) in [4.78, 5) is 0. The minimum absolute atomic E-state index is 0.265. The van der Waals surface area contributed by atoms with Crippen LogP contribution in [0.1, 0.15) is 36.4 Å². The minimum atomic E-state index is -0.265. The first-order chi connectivity index (χ1) is 10.2. The Kier molecular flexibility index (Phi) is 3.72. The van der Waals surface area contributed by atoms with Gasteiger partial charge in [0.1, 0.15) is 17.4 Å². The third-order valence-corrected chi connectivity index (χ3v) is 3.52. The highest BCUT2D eigenvalue weighted by atomic mass is 16.3. The monoisotopic (exact) mass is 285 g/mol. The van der Waals surface area contributed by atoms with E-state index in [-0.39, 0.29) is 6.04 Å². The molecule has 1 unspecified atom stereocenters. The summed E-state index contributed by atoms with van der Waals surface area (Å²) < 4.78 is 7.77. The van der Waals surface area contributed by atoms with Crippen LogP contribution in [0.5, 0.6) is 0 Å². The molecular weight excluding hydrogens is 266 g/mol. The van der Waals surface area contributed by atoms with Crippen LogP contribution in [-0.4, -0.2) is 15.0 Å². The maximum Gasteiger partial charge on any atom is 0.134 e. The minimum Gasteiger partial charge on any atom is -0.459 e. The van der Waals surface area contributed by atoms with Gasteiger partial charge in [-0.1, -0.05) is 23.8 Å². The first kappa shape index (κ1) is 13.8. The quantitative estimate of drug-likeness (QED) is 0.555. The zero-order valence-corrected chi connectivity index (χ0v) is 12.2. The topological polar surface area (TPSA) is 81.9 Å². The van der Waals surface area contributed by atoms with Crippen LogP contribution < -0.4 is 11.3 Å². The number of furan rings is 1. The summed E-state index contributed by atoms with van der Waals surface area (Å²) in [6, 6.07) is 7.85. The Bertz CT molecular complexity index is 745. The molecule has 0 aliphatic carbocycles. The summed E-state index contributed by atoms with van der Waals surface area (Å²) in [6.07, 6.45) is 2.70. The van der Waals surface area contributed by atoms with Crippen molar-refractivity contribution in [1.29, 1.82) is 0 Å². The lowest BCUT2D eigenvalue weighted by Crippen LogP contribution is -2.30. The van der Waals surface area contributed by atoms with Gasteiger partial charge in [0, 0.05) is 11.9 Å². The summed E-state index contributed by atoms with van der Waals surface area (Å²) in [5.41, 5.74) is 5.75. The van der Waals surface area contributed by atoms with E-state index >= 15 is 0 Å². The predicted molar refractivity (Wildman–Crippen MR) is 80.4 cm³/mol. The Morgan fingerprint density at radius 1 is 1.38 bits per heavy atom. The lowest BCUT2D eigenvalue weighted by Gasteiger charge is -2.14. The van der Waals surface area contributed by atoms with Gasteiger partial charge in [-0.2, -0.15) is 0 Å². The largest absolute Gasteiger partial charge is 0.459 e. The Labute approximate surface area is 122 Å². The van der Waals surface area contributed by atoms with Gasteiger partial charge < -0.3 is 4.42 Å². The van der Waals surface area contributed by atoms with E-state index in [0.29, 0.717) is 0 Å². The van der Waals surface area contributed by atoms with Crippen molar-refractivity contribution in [2.45, 2.75) is 32.9 Å². The Balaban J connectivity index is 2.03. The molecule has 3 aromatic rings. The van der Waals surface area contributed by atoms with Gasteiger partial charge in [-0.05, 0) is 31.5 Å². The maximum absolute atomic E-state index is 5.92. The molecule has 0 radical (unpaired) electrons. The zero-order valence-electron chi connectivity index (χ0n) is 12.2. The van der Waals surface area contributed by atoms with E-state index in [4.69, 9.17) is 10.3 Å². The van der Waals surface area contributed by atoms with Crippen molar-refractivity contribution in [3.8, 4) is 0 Å². The van der Waals surface area contributed by atoms with E-state index < -0.39 is 0 Å². The molecule has 2 heterocycles. The molecule has 0 spiro atoms. The van der Waals surface area contributed by atoms with Crippen LogP contribution in [0.3, 0.4) is 0 Å². The average Bonchev–Trinajstić information content (AvgIpc) is 3.07. The first-order valence-corrected chi connectivity index (χ1v) is 7.07. The van der Waals surface area contributed by atoms with Crippen LogP contribution in [0, 0.1) is 6.92 Å². The number of nitrogens with two attached hydrogens (primary N) is 1. The third kappa shape index (κ3) is 2.55. The fraction of sp³-hybridized carbons (Fsp3) is 0.333. The number of rotatable bonds is 5. The van der Waals surface area contributed by atoms with Crippen molar-refractivity contribution in [1.82, 2.24) is 20.4 Å². The van der Waals surface area contributed by atoms with E-state index in [0.717, 1.165) is 35.4 Å². The number of hydrogen-bond acceptors (Lipinski definition) is 5. The molecule has 6 nitrogen and oxygen atoms in total. The summed E-state index contributed by atoms with van der Waals surface area (Å²) in [5, 5.41) is 9.15. The zero-order chi connectivity index (χ0) is 14.8. The van der Waals surface area contributed by atoms with Crippen LogP contribution in [-0.2, 0) is 6.54 Å². The summed E-state index contributed by atoms with van der Waals surface area (Å²) >= 11 is 0. The van der Waals surface area contributed by atoms with Crippen molar-refractivity contribution in [2.75, 3.05) is 0 Å². The van der Waals surface area contributed by atoms with Gasteiger partial charge >= 0.3 is 0 Å². The molecule has 1 aromatic carbocycles. The second kappa shape index (κ2) is 5.67. The van der Waals surface area contributed by atoms with Gasteiger partial charge in [-0.3, -0.25) is 5.84 Å². The maximum atomic E-state index is 5.92. The summed E-state index contributed by atoms with van der Waals surface area (Å²) in [5.74, 6) is 6.50. The molecule has 0 aliphatic heterocycles. The van der Waals surface area contributed by atoms with Crippen molar-refractivity contribution in [2.24, 2.45) is 5.84 Å². The standard InChI is InChI=1S/C15H19N5O/c1-3-6-20-12(9-17-19-20)15(18-16)14-8-11-7-10(2)4-5-13(11)21-14/h4-5,7-9,15,18H,3,6,16H2,1-2H3. The van der Waals surface area contributed by atoms with Crippen molar-refractivity contribution < 1.29 is 4.42 Å². The molecule has 3 N–H and O–H groups in total. The van der Waals surface area contributed by atoms with Crippen LogP contribution in [0.4, 0.5) is 0 Å². The second-order valence-electron chi connectivity index (χ2n) is 5.17. The number of hydrogen-bond donors (Lipinski definition) is 2. The molecule has 1 atom stereocenters. The van der Waals surface area contributed by atoms with Crippen LogP contribution in [0.25, 0.3) is 11.0 Å². The molecule has 21 heavy (non-hydrogen) atoms. The molecule has 6 heteroatoms. The summed E-state index contributed by atoms with van der Waals surface area (Å²) in [6.45, 7) is 4.96. The Morgan fingerprint density at radius 3 is 3.00 bits per heavy atom. The number of nitrogens with zero attached hydrogens (tertiary/aromatic N) is 3. The van der Waals surface area contributed by atoms with Crippen molar-refractivity contribution in [3.05, 3.63) is 47.5 Å². The summed E-state index contributed by atoms with van der Waals surface area (Å²) in [7, 11) is 0. The lowest BCUT2D eigenvalue weighted by atomic mass is 10.1. The third-order valence-electron chi connectivity index (χ3n) is 3.52. The SMILES string of the molecule is CCCn1nncc1C(NN)c1cc2cc(C)ccc2o1. The van der Waals surface area contributed by atoms with E-state index in [1.165, 1.54) is 5.56 Å². The number of nitrogens with one attached hydrogen (secondary N) is 1. The highest BCUT2D eigenvalue weighted by molar-refractivity contribution is 5.78. The van der Waals surface area contributed by atoms with Gasteiger partial charge in [0.25, 0.3) is 0 Å². The molecule has 0 bridgehead atoms. The molecular formula is C15H19N5O. The highest BCUT2D eigenvalue weighted by Crippen LogP contribution is 2.28. The number of benzene rings is 1. The van der Waals surface area contributed by atoms with Crippen LogP contribution in [0.2, 0.25) is 0 Å². The molecule has 0 aliphatic rings. The first-order valence-electron chi connectivity index (χ1n) is 7.07. The van der Waals surface area contributed by atoms with Gasteiger partial charge in [-0.25, -0.2) is 10.1 Å². The van der Waals surface area contributed by atoms with E-state index in [2.05, 4.69) is 35.7 Å². The molecule has 110 valence electrons. The van der Waals surface area contributed by atoms with Crippen LogP contribution in [0.15, 0.2) is 34.9 Å². The molecule has 0 saturated heterocycles. The number of fused-ring (bicyclic) bond motifs is 1. The predicted octanol–water partition coefficient (Wildman–Crippen LogP) is 2.30. The highest BCUT2D eigenvalue weighted by Gasteiger charge is 2.21. The number of hydrazine groups is 1. The second-order valence-corrected chi connectivity index (χ2v) is 5.17. The van der Waals surface area contributed by atoms with E-state index in [1.54, 1.807) is 6.20 Å². The van der Waals surface area contributed by atoms with Gasteiger partial charge in [0.15, 0.2) is 0 Å². The Hall–Kier alpha value is -2.18. The molecule has 0 fully saturated rings. The van der Waals surface area contributed by atoms with Gasteiger partial charge in [-0.15, -0.1) is 5.10 Å². The lowest BCUT2D eigenvalue weighted by molar-refractivity contribution is 0.444. The number of aryl methyl sites for hydroxylation is 2. The molecule has 2 aromatic heterocycles. The normalized spacial score (nSPS) is 12.9. The van der Waals surface area contributed by atoms with E-state index in [1.807, 2.05) is 22.9 Å². The molecule has 0 saturated carbocycles. The fourth-order valence-electron chi connectivity index (χ4n) is 2.51. The molecule has 0 amide bonds. The smallest absolute Gasteiger partial charge is 0.134 e. The average molecular weight is 285 g/mol. The van der Waals surface area contributed by atoms with Gasteiger partial charge in [0.05, 0.1) is 11.9 Å².